The van der Waals surface area contributed by atoms with Crippen molar-refractivity contribution in [2.75, 3.05) is 0 Å². The second kappa shape index (κ2) is 5.92. The summed E-state index contributed by atoms with van der Waals surface area (Å²) in [7, 11) is 0. The van der Waals surface area contributed by atoms with E-state index in [1.807, 2.05) is 18.2 Å². The van der Waals surface area contributed by atoms with Crippen molar-refractivity contribution in [1.29, 1.82) is 0 Å². The number of rotatable bonds is 4. The van der Waals surface area contributed by atoms with E-state index in [0.29, 0.717) is 5.92 Å². The first-order valence-electron chi connectivity index (χ1n) is 7.20. The zero-order valence-corrected chi connectivity index (χ0v) is 11.7. The largest absolute Gasteiger partial charge is 0.271 e. The highest BCUT2D eigenvalue weighted by Crippen LogP contribution is 2.37. The van der Waals surface area contributed by atoms with E-state index >= 15 is 0 Å². The molecule has 1 atom stereocenters. The minimum absolute atomic E-state index is 0.225. The van der Waals surface area contributed by atoms with Gasteiger partial charge in [-0.3, -0.25) is 5.84 Å². The summed E-state index contributed by atoms with van der Waals surface area (Å²) < 4.78 is 27.4. The molecule has 0 heterocycles. The molecule has 4 heteroatoms. The average Bonchev–Trinajstić information content (AvgIpc) is 2.42. The molecule has 1 aliphatic carbocycles. The molecule has 110 valence electrons. The summed E-state index contributed by atoms with van der Waals surface area (Å²) in [5.74, 6) is 5.24. The van der Waals surface area contributed by atoms with Gasteiger partial charge in [-0.2, -0.15) is 0 Å². The Morgan fingerprint density at radius 3 is 2.57 bits per heavy atom. The second-order valence-electron chi connectivity index (χ2n) is 5.56. The maximum atomic E-state index is 14.0. The molecule has 0 aliphatic heterocycles. The predicted octanol–water partition coefficient (Wildman–Crippen LogP) is 3.79. The maximum Gasteiger partial charge on any atom is 0.128 e. The molecule has 2 nitrogen and oxygen atoms in total. The van der Waals surface area contributed by atoms with Crippen LogP contribution in [0.2, 0.25) is 0 Å². The smallest absolute Gasteiger partial charge is 0.128 e. The van der Waals surface area contributed by atoms with E-state index in [1.54, 1.807) is 0 Å². The van der Waals surface area contributed by atoms with Crippen LogP contribution in [0.1, 0.15) is 47.9 Å². The van der Waals surface area contributed by atoms with E-state index in [0.717, 1.165) is 17.7 Å². The molecule has 1 aliphatic rings. The van der Waals surface area contributed by atoms with Crippen LogP contribution < -0.4 is 11.3 Å². The maximum absolute atomic E-state index is 14.0. The Balaban J connectivity index is 1.97. The molecular formula is C17H18F2N2. The van der Waals surface area contributed by atoms with E-state index in [2.05, 4.69) is 11.5 Å². The molecular weight excluding hydrogens is 270 g/mol. The van der Waals surface area contributed by atoms with Crippen LogP contribution in [0.4, 0.5) is 8.78 Å². The van der Waals surface area contributed by atoms with E-state index in [1.165, 1.54) is 30.9 Å². The molecule has 3 N–H and O–H groups in total. The average molecular weight is 288 g/mol. The van der Waals surface area contributed by atoms with E-state index in [-0.39, 0.29) is 5.56 Å². The van der Waals surface area contributed by atoms with Gasteiger partial charge in [0.15, 0.2) is 0 Å². The lowest BCUT2D eigenvalue weighted by molar-refractivity contribution is 0.419. The topological polar surface area (TPSA) is 38.0 Å². The first-order chi connectivity index (χ1) is 10.2. The van der Waals surface area contributed by atoms with Crippen LogP contribution in [0.5, 0.6) is 0 Å². The summed E-state index contributed by atoms with van der Waals surface area (Å²) in [5, 5.41) is 0. The van der Waals surface area contributed by atoms with Gasteiger partial charge in [-0.15, -0.1) is 0 Å². The quantitative estimate of drug-likeness (QED) is 0.663. The van der Waals surface area contributed by atoms with Gasteiger partial charge in [0.1, 0.15) is 11.6 Å². The van der Waals surface area contributed by atoms with E-state index in [4.69, 9.17) is 5.84 Å². The van der Waals surface area contributed by atoms with Crippen LogP contribution in [0, 0.1) is 11.6 Å². The zero-order valence-electron chi connectivity index (χ0n) is 11.7. The number of halogens is 2. The van der Waals surface area contributed by atoms with Gasteiger partial charge in [-0.05, 0) is 48.1 Å². The summed E-state index contributed by atoms with van der Waals surface area (Å²) in [6.07, 6.45) is 3.64. The normalized spacial score (nSPS) is 16.5. The monoisotopic (exact) mass is 288 g/mol. The van der Waals surface area contributed by atoms with Gasteiger partial charge < -0.3 is 0 Å². The SMILES string of the molecule is NNC(c1cccc(C2CCC2)c1)c1cc(F)ccc1F. The summed E-state index contributed by atoms with van der Waals surface area (Å²) in [4.78, 5) is 0. The zero-order chi connectivity index (χ0) is 14.8. The summed E-state index contributed by atoms with van der Waals surface area (Å²) >= 11 is 0. The van der Waals surface area contributed by atoms with Crippen molar-refractivity contribution in [2.45, 2.75) is 31.2 Å². The Kier molecular flexibility index (Phi) is 3.99. The molecule has 0 saturated heterocycles. The lowest BCUT2D eigenvalue weighted by atomic mass is 9.79. The molecule has 1 saturated carbocycles. The van der Waals surface area contributed by atoms with Crippen LogP contribution in [0.25, 0.3) is 0 Å². The molecule has 0 amide bonds. The fourth-order valence-electron chi connectivity index (χ4n) is 2.84. The Bertz CT molecular complexity index is 638. The van der Waals surface area contributed by atoms with E-state index < -0.39 is 17.7 Å². The lowest BCUT2D eigenvalue weighted by Gasteiger charge is -2.27. The van der Waals surface area contributed by atoms with Gasteiger partial charge in [-0.1, -0.05) is 30.7 Å². The van der Waals surface area contributed by atoms with Gasteiger partial charge >= 0.3 is 0 Å². The lowest BCUT2D eigenvalue weighted by Crippen LogP contribution is -2.29. The van der Waals surface area contributed by atoms with Gasteiger partial charge in [-0.25, -0.2) is 14.2 Å². The molecule has 0 bridgehead atoms. The number of hydrogen-bond acceptors (Lipinski definition) is 2. The Morgan fingerprint density at radius 1 is 1.10 bits per heavy atom. The Morgan fingerprint density at radius 2 is 1.90 bits per heavy atom. The third kappa shape index (κ3) is 2.82. The van der Waals surface area contributed by atoms with Crippen molar-refractivity contribution in [2.24, 2.45) is 5.84 Å². The molecule has 3 rings (SSSR count). The highest BCUT2D eigenvalue weighted by Gasteiger charge is 2.22. The molecule has 0 spiro atoms. The van der Waals surface area contributed by atoms with Gasteiger partial charge in [0.25, 0.3) is 0 Å². The van der Waals surface area contributed by atoms with Crippen LogP contribution in [0.3, 0.4) is 0 Å². The highest BCUT2D eigenvalue weighted by atomic mass is 19.1. The van der Waals surface area contributed by atoms with Gasteiger partial charge in [0.05, 0.1) is 6.04 Å². The fraction of sp³-hybridized carbons (Fsp3) is 0.294. The molecule has 1 unspecified atom stereocenters. The number of nitrogens with one attached hydrogen (secondary N) is 1. The van der Waals surface area contributed by atoms with Crippen LogP contribution in [-0.4, -0.2) is 0 Å². The molecule has 21 heavy (non-hydrogen) atoms. The van der Waals surface area contributed by atoms with Crippen molar-refractivity contribution in [3.8, 4) is 0 Å². The molecule has 2 aromatic carbocycles. The van der Waals surface area contributed by atoms with Crippen molar-refractivity contribution in [1.82, 2.24) is 5.43 Å². The summed E-state index contributed by atoms with van der Waals surface area (Å²) in [5.41, 5.74) is 4.92. The third-order valence-electron chi connectivity index (χ3n) is 4.26. The standard InChI is InChI=1S/C17H18F2N2/c18-14-7-8-16(19)15(10-14)17(21-20)13-6-2-5-12(9-13)11-3-1-4-11/h2,5-11,17,21H,1,3-4,20H2. The first-order valence-corrected chi connectivity index (χ1v) is 7.20. The van der Waals surface area contributed by atoms with Crippen molar-refractivity contribution < 1.29 is 8.78 Å². The van der Waals surface area contributed by atoms with Crippen LogP contribution >= 0.6 is 0 Å². The minimum atomic E-state index is -0.555. The number of nitrogens with two attached hydrogens (primary N) is 1. The van der Waals surface area contributed by atoms with Gasteiger partial charge in [0, 0.05) is 5.56 Å². The van der Waals surface area contributed by atoms with Crippen molar-refractivity contribution in [3.63, 3.8) is 0 Å². The number of hydrogen-bond donors (Lipinski definition) is 2. The third-order valence-corrected chi connectivity index (χ3v) is 4.26. The summed E-state index contributed by atoms with van der Waals surface area (Å²) in [6, 6.07) is 10.8. The Hall–Kier alpha value is -1.78. The predicted molar refractivity (Wildman–Crippen MR) is 78.6 cm³/mol. The Labute approximate surface area is 122 Å². The minimum Gasteiger partial charge on any atom is -0.271 e. The summed E-state index contributed by atoms with van der Waals surface area (Å²) in [6.45, 7) is 0. The molecule has 0 aromatic heterocycles. The first kappa shape index (κ1) is 14.2. The molecule has 0 radical (unpaired) electrons. The van der Waals surface area contributed by atoms with Crippen molar-refractivity contribution in [3.05, 3.63) is 70.8 Å². The fourth-order valence-corrected chi connectivity index (χ4v) is 2.84. The molecule has 1 fully saturated rings. The van der Waals surface area contributed by atoms with Gasteiger partial charge in [0.2, 0.25) is 0 Å². The van der Waals surface area contributed by atoms with Crippen LogP contribution in [-0.2, 0) is 0 Å². The van der Waals surface area contributed by atoms with Crippen molar-refractivity contribution >= 4 is 0 Å². The van der Waals surface area contributed by atoms with Crippen LogP contribution in [0.15, 0.2) is 42.5 Å². The second-order valence-corrected chi connectivity index (χ2v) is 5.56. The van der Waals surface area contributed by atoms with E-state index in [9.17, 15) is 8.78 Å². The number of benzene rings is 2. The number of hydrazine groups is 1. The molecule has 2 aromatic rings. The highest BCUT2D eigenvalue weighted by molar-refractivity contribution is 5.36.